The molecule has 0 amide bonds. The van der Waals surface area contributed by atoms with Gasteiger partial charge in [0.05, 0.1) is 40.7 Å². The van der Waals surface area contributed by atoms with Gasteiger partial charge in [-0.3, -0.25) is 0 Å². The first-order valence-electron chi connectivity index (χ1n) is 21.6. The Morgan fingerprint density at radius 2 is 0.982 bits per heavy atom. The van der Waals surface area contributed by atoms with Crippen molar-refractivity contribution in [1.82, 2.24) is 24.1 Å². The standard InChI is InChI=1S/C51H31N5S/c1-4-15-32(16-5-1)49-52-50(33-17-6-2-7-18-33)54-51(53-49)34-27-28-38-41-23-14-26-44(48(41)57-45(38)31-34)56-43-25-13-11-22-37(43)40-30-29-39-36-21-10-12-24-42(36)55(46(39)47(40)56)35-19-8-3-9-20-35/h1-31H/i10D,11D,24D,25D,29D,30D. The topological polar surface area (TPSA) is 48.5 Å². The summed E-state index contributed by atoms with van der Waals surface area (Å²) in [7, 11) is 0. The summed E-state index contributed by atoms with van der Waals surface area (Å²) >= 11 is 1.61. The van der Waals surface area contributed by atoms with E-state index in [-0.39, 0.29) is 36.3 Å². The Labute approximate surface area is 339 Å². The van der Waals surface area contributed by atoms with Gasteiger partial charge in [0.15, 0.2) is 17.5 Å². The first-order chi connectivity index (χ1) is 30.7. The molecule has 0 fully saturated rings. The Kier molecular flexibility index (Phi) is 5.82. The van der Waals surface area contributed by atoms with Crippen molar-refractivity contribution >= 4 is 75.1 Å². The summed E-state index contributed by atoms with van der Waals surface area (Å²) in [4.78, 5) is 14.9. The molecule has 0 saturated heterocycles. The average Bonchev–Trinajstić information content (AvgIpc) is 3.97. The number of hydrogen-bond acceptors (Lipinski definition) is 4. The fourth-order valence-electron chi connectivity index (χ4n) is 8.15. The Bertz CT molecular complexity index is 3810. The quantitative estimate of drug-likeness (QED) is 0.176. The fourth-order valence-corrected chi connectivity index (χ4v) is 9.40. The first-order valence-corrected chi connectivity index (χ1v) is 19.4. The van der Waals surface area contributed by atoms with Gasteiger partial charge >= 0.3 is 0 Å². The minimum atomic E-state index is -0.0458. The van der Waals surface area contributed by atoms with Crippen LogP contribution in [0.5, 0.6) is 0 Å². The number of aromatic nitrogens is 5. The fraction of sp³-hybridized carbons (Fsp3) is 0. The molecular weight excluding hydrogens is 715 g/mol. The molecule has 0 aliphatic rings. The molecule has 0 aliphatic carbocycles. The third kappa shape index (κ3) is 4.91. The van der Waals surface area contributed by atoms with E-state index in [1.807, 2.05) is 118 Å². The SMILES string of the molecule is [2H]c1cc([2H])c2c(c1)c1c([2H])c([2H])c3c4cc([2H])cc([2H])c4n(-c4cccc5c4sc4cc(-c6nc(-c7ccccc7)nc(-c7ccccc7)n6)ccc45)c3c1n2-c1ccccc1. The molecule has 0 bridgehead atoms. The maximum Gasteiger partial charge on any atom is 0.164 e. The van der Waals surface area contributed by atoms with Crippen LogP contribution in [0.2, 0.25) is 0 Å². The summed E-state index contributed by atoms with van der Waals surface area (Å²) in [6.45, 7) is 0. The zero-order valence-corrected chi connectivity index (χ0v) is 30.9. The van der Waals surface area contributed by atoms with E-state index in [4.69, 9.17) is 17.7 Å². The van der Waals surface area contributed by atoms with Gasteiger partial charge < -0.3 is 9.13 Å². The van der Waals surface area contributed by atoms with Crippen molar-refractivity contribution < 1.29 is 8.22 Å². The van der Waals surface area contributed by atoms with Gasteiger partial charge in [-0.25, -0.2) is 15.0 Å². The van der Waals surface area contributed by atoms with E-state index in [1.165, 1.54) is 12.1 Å². The molecule has 0 unspecified atom stereocenters. The Morgan fingerprint density at radius 3 is 1.61 bits per heavy atom. The van der Waals surface area contributed by atoms with Crippen molar-refractivity contribution in [3.05, 3.63) is 188 Å². The van der Waals surface area contributed by atoms with Gasteiger partial charge in [0.25, 0.3) is 0 Å². The molecule has 0 radical (unpaired) electrons. The van der Waals surface area contributed by atoms with Crippen LogP contribution in [-0.2, 0) is 0 Å². The zero-order chi connectivity index (χ0) is 42.7. The van der Waals surface area contributed by atoms with Crippen molar-refractivity contribution in [3.63, 3.8) is 0 Å². The minimum absolute atomic E-state index is 0.0417. The lowest BCUT2D eigenvalue weighted by atomic mass is 10.1. The highest BCUT2D eigenvalue weighted by molar-refractivity contribution is 7.26. The number of nitrogens with zero attached hydrogens (tertiary/aromatic N) is 5. The number of fused-ring (bicyclic) bond motifs is 10. The maximum absolute atomic E-state index is 9.62. The molecule has 266 valence electrons. The van der Waals surface area contributed by atoms with Crippen LogP contribution in [-0.4, -0.2) is 24.1 Å². The summed E-state index contributed by atoms with van der Waals surface area (Å²) in [5.41, 5.74) is 6.34. The largest absolute Gasteiger partial charge is 0.307 e. The van der Waals surface area contributed by atoms with E-state index in [0.29, 0.717) is 61.1 Å². The molecule has 0 spiro atoms. The number of para-hydroxylation sites is 3. The van der Waals surface area contributed by atoms with Gasteiger partial charge in [-0.05, 0) is 36.4 Å². The van der Waals surface area contributed by atoms with Crippen molar-refractivity contribution in [2.24, 2.45) is 0 Å². The summed E-state index contributed by atoms with van der Waals surface area (Å²) in [5.74, 6) is 1.70. The number of thiophene rings is 1. The van der Waals surface area contributed by atoms with E-state index in [2.05, 4.69) is 18.2 Å². The molecule has 8 aromatic carbocycles. The van der Waals surface area contributed by atoms with Crippen molar-refractivity contribution in [2.75, 3.05) is 0 Å². The summed E-state index contributed by atoms with van der Waals surface area (Å²) in [5, 5.41) is 3.98. The van der Waals surface area contributed by atoms with Crippen LogP contribution in [0.1, 0.15) is 8.22 Å². The molecule has 0 N–H and O–H groups in total. The van der Waals surface area contributed by atoms with Crippen LogP contribution >= 0.6 is 11.3 Å². The van der Waals surface area contributed by atoms with Crippen LogP contribution in [0.25, 0.3) is 109 Å². The van der Waals surface area contributed by atoms with Crippen LogP contribution < -0.4 is 0 Å². The van der Waals surface area contributed by atoms with Gasteiger partial charge in [0, 0.05) is 59.4 Å². The average molecular weight is 752 g/mol. The molecule has 4 aromatic heterocycles. The molecule has 0 aliphatic heterocycles. The maximum atomic E-state index is 9.62. The van der Waals surface area contributed by atoms with Gasteiger partial charge in [0.2, 0.25) is 0 Å². The molecule has 4 heterocycles. The number of benzene rings is 8. The van der Waals surface area contributed by atoms with Gasteiger partial charge in [0.1, 0.15) is 0 Å². The predicted octanol–water partition coefficient (Wildman–Crippen LogP) is 13.4. The van der Waals surface area contributed by atoms with Crippen LogP contribution in [0.15, 0.2) is 188 Å². The van der Waals surface area contributed by atoms with Crippen LogP contribution in [0, 0.1) is 0 Å². The highest BCUT2D eigenvalue weighted by atomic mass is 32.1. The van der Waals surface area contributed by atoms with Crippen LogP contribution in [0.3, 0.4) is 0 Å². The van der Waals surface area contributed by atoms with E-state index in [0.717, 1.165) is 48.2 Å². The summed E-state index contributed by atoms with van der Waals surface area (Å²) in [6.07, 6.45) is 0. The smallest absolute Gasteiger partial charge is 0.164 e. The van der Waals surface area contributed by atoms with Crippen molar-refractivity contribution in [2.45, 2.75) is 0 Å². The van der Waals surface area contributed by atoms with Crippen molar-refractivity contribution in [3.8, 4) is 45.5 Å². The number of hydrogen-bond donors (Lipinski definition) is 0. The predicted molar refractivity (Wildman–Crippen MR) is 238 cm³/mol. The summed E-state index contributed by atoms with van der Waals surface area (Å²) in [6, 6.07) is 48.6. The molecule has 6 heteroatoms. The Balaban J connectivity index is 1.17. The second-order valence-corrected chi connectivity index (χ2v) is 15.0. The summed E-state index contributed by atoms with van der Waals surface area (Å²) < 4.78 is 61.1. The lowest BCUT2D eigenvalue weighted by Crippen LogP contribution is -1.99. The van der Waals surface area contributed by atoms with Gasteiger partial charge in [-0.1, -0.05) is 152 Å². The van der Waals surface area contributed by atoms with Crippen molar-refractivity contribution in [1.29, 1.82) is 0 Å². The van der Waals surface area contributed by atoms with Gasteiger partial charge in [-0.15, -0.1) is 11.3 Å². The Hall–Kier alpha value is -7.41. The van der Waals surface area contributed by atoms with E-state index in [9.17, 15) is 5.48 Å². The second-order valence-electron chi connectivity index (χ2n) is 13.9. The van der Waals surface area contributed by atoms with E-state index in [1.54, 1.807) is 23.5 Å². The third-order valence-corrected chi connectivity index (χ3v) is 11.9. The van der Waals surface area contributed by atoms with E-state index < -0.39 is 0 Å². The van der Waals surface area contributed by atoms with Gasteiger partial charge in [-0.2, -0.15) is 0 Å². The second kappa shape index (κ2) is 12.6. The molecule has 57 heavy (non-hydrogen) atoms. The monoisotopic (exact) mass is 751 g/mol. The zero-order valence-electron chi connectivity index (χ0n) is 36.1. The Morgan fingerprint density at radius 1 is 0.421 bits per heavy atom. The lowest BCUT2D eigenvalue weighted by Gasteiger charge is -2.13. The molecule has 12 rings (SSSR count). The molecule has 12 aromatic rings. The number of rotatable bonds is 5. The molecular formula is C51H31N5S. The minimum Gasteiger partial charge on any atom is -0.307 e. The third-order valence-electron chi connectivity index (χ3n) is 10.7. The normalized spacial score (nSPS) is 13.3. The van der Waals surface area contributed by atoms with E-state index >= 15 is 0 Å². The van der Waals surface area contributed by atoms with Crippen LogP contribution in [0.4, 0.5) is 0 Å². The highest BCUT2D eigenvalue weighted by Crippen LogP contribution is 2.45. The first kappa shape index (κ1) is 26.4. The highest BCUT2D eigenvalue weighted by Gasteiger charge is 2.23. The molecule has 5 nitrogen and oxygen atoms in total. The molecule has 0 saturated carbocycles. The lowest BCUT2D eigenvalue weighted by molar-refractivity contribution is 1.07. The molecule has 0 atom stereocenters.